The highest BCUT2D eigenvalue weighted by atomic mass is 79.9. The van der Waals surface area contributed by atoms with Gasteiger partial charge in [-0.2, -0.15) is 0 Å². The molecular weight excluding hydrogens is 222 g/mol. The topological polar surface area (TPSA) is 50.2 Å². The van der Waals surface area contributed by atoms with E-state index in [9.17, 15) is 4.79 Å². The first-order valence-corrected chi connectivity index (χ1v) is 4.25. The molecule has 0 radical (unpaired) electrons. The number of hydrogen-bond acceptors (Lipinski definition) is 2. The summed E-state index contributed by atoms with van der Waals surface area (Å²) in [7, 11) is 0. The first-order chi connectivity index (χ1) is 5.61. The second kappa shape index (κ2) is 3.67. The van der Waals surface area contributed by atoms with Crippen LogP contribution in [0.5, 0.6) is 0 Å². The number of hydrogen-bond donors (Lipinski definition) is 1. The smallest absolute Gasteiger partial charge is 0.310 e. The number of halogens is 1. The van der Waals surface area contributed by atoms with Gasteiger partial charge in [0.15, 0.2) is 0 Å². The fraction of sp³-hybridized carbons (Fsp3) is 0.250. The molecule has 0 saturated carbocycles. The molecule has 1 N–H and O–H groups in total. The van der Waals surface area contributed by atoms with Crippen molar-refractivity contribution in [1.82, 2.24) is 4.98 Å². The van der Waals surface area contributed by atoms with Crippen molar-refractivity contribution < 1.29 is 9.90 Å². The monoisotopic (exact) mass is 229 g/mol. The number of carbonyl (C=O) groups is 1. The molecule has 1 aromatic heterocycles. The van der Waals surface area contributed by atoms with Crippen LogP contribution in [0.25, 0.3) is 0 Å². The Kier molecular flexibility index (Phi) is 2.81. The highest BCUT2D eigenvalue weighted by Crippen LogP contribution is 2.15. The van der Waals surface area contributed by atoms with Crippen molar-refractivity contribution in [3.8, 4) is 0 Å². The third kappa shape index (κ3) is 2.04. The van der Waals surface area contributed by atoms with Crippen LogP contribution in [-0.2, 0) is 4.79 Å². The Morgan fingerprint density at radius 2 is 2.33 bits per heavy atom. The number of carboxylic acids is 1. The third-order valence-electron chi connectivity index (χ3n) is 1.62. The van der Waals surface area contributed by atoms with Crippen LogP contribution < -0.4 is 0 Å². The summed E-state index contributed by atoms with van der Waals surface area (Å²) >= 11 is 3.17. The van der Waals surface area contributed by atoms with Crippen LogP contribution in [0.3, 0.4) is 0 Å². The Labute approximate surface area is 78.6 Å². The van der Waals surface area contributed by atoms with Crippen LogP contribution in [0.1, 0.15) is 18.4 Å². The standard InChI is InChI=1S/C8H8BrNO2/c1-5(8(11)12)6-2-3-7(9)10-4-6/h2-5H,1H3,(H,11,12). The Morgan fingerprint density at radius 1 is 1.67 bits per heavy atom. The summed E-state index contributed by atoms with van der Waals surface area (Å²) in [6.45, 7) is 1.63. The first kappa shape index (κ1) is 9.19. The summed E-state index contributed by atoms with van der Waals surface area (Å²) in [6, 6.07) is 3.48. The largest absolute Gasteiger partial charge is 0.481 e. The molecule has 1 atom stereocenters. The van der Waals surface area contributed by atoms with Crippen molar-refractivity contribution in [1.29, 1.82) is 0 Å². The van der Waals surface area contributed by atoms with Gasteiger partial charge in [-0.3, -0.25) is 4.79 Å². The maximum atomic E-state index is 10.5. The summed E-state index contributed by atoms with van der Waals surface area (Å²) in [5.41, 5.74) is 0.714. The van der Waals surface area contributed by atoms with E-state index in [4.69, 9.17) is 5.11 Å². The molecule has 4 heteroatoms. The molecule has 12 heavy (non-hydrogen) atoms. The molecule has 64 valence electrons. The minimum Gasteiger partial charge on any atom is -0.481 e. The van der Waals surface area contributed by atoms with E-state index >= 15 is 0 Å². The molecule has 0 aliphatic heterocycles. The summed E-state index contributed by atoms with van der Waals surface area (Å²) in [4.78, 5) is 14.5. The van der Waals surface area contributed by atoms with E-state index in [1.807, 2.05) is 0 Å². The highest BCUT2D eigenvalue weighted by molar-refractivity contribution is 9.10. The zero-order valence-electron chi connectivity index (χ0n) is 6.49. The van der Waals surface area contributed by atoms with Crippen LogP contribution in [0.2, 0.25) is 0 Å². The Hall–Kier alpha value is -0.900. The lowest BCUT2D eigenvalue weighted by Gasteiger charge is -2.04. The molecule has 1 rings (SSSR count). The zero-order valence-corrected chi connectivity index (χ0v) is 8.08. The van der Waals surface area contributed by atoms with E-state index < -0.39 is 11.9 Å². The third-order valence-corrected chi connectivity index (χ3v) is 2.09. The van der Waals surface area contributed by atoms with E-state index in [2.05, 4.69) is 20.9 Å². The normalized spacial score (nSPS) is 12.5. The molecule has 0 bridgehead atoms. The maximum Gasteiger partial charge on any atom is 0.310 e. The Morgan fingerprint density at radius 3 is 2.75 bits per heavy atom. The quantitative estimate of drug-likeness (QED) is 0.790. The van der Waals surface area contributed by atoms with Crippen molar-refractivity contribution in [3.05, 3.63) is 28.5 Å². The SMILES string of the molecule is CC(C(=O)O)c1ccc(Br)nc1. The van der Waals surface area contributed by atoms with Gasteiger partial charge in [-0.1, -0.05) is 6.07 Å². The molecule has 1 aromatic rings. The molecule has 0 amide bonds. The lowest BCUT2D eigenvalue weighted by atomic mass is 10.0. The fourth-order valence-electron chi connectivity index (χ4n) is 0.786. The number of aromatic nitrogens is 1. The van der Waals surface area contributed by atoms with Crippen molar-refractivity contribution in [2.45, 2.75) is 12.8 Å². The molecule has 0 aliphatic rings. The second-order valence-electron chi connectivity index (χ2n) is 2.47. The predicted octanol–water partition coefficient (Wildman–Crippen LogP) is 2.03. The number of aliphatic carboxylic acids is 1. The molecular formula is C8H8BrNO2. The van der Waals surface area contributed by atoms with E-state index in [-0.39, 0.29) is 0 Å². The zero-order chi connectivity index (χ0) is 9.14. The fourth-order valence-corrected chi connectivity index (χ4v) is 1.02. The molecule has 3 nitrogen and oxygen atoms in total. The highest BCUT2D eigenvalue weighted by Gasteiger charge is 2.12. The van der Waals surface area contributed by atoms with Gasteiger partial charge >= 0.3 is 5.97 Å². The van der Waals surface area contributed by atoms with E-state index in [0.717, 1.165) is 0 Å². The molecule has 1 unspecified atom stereocenters. The Balaban J connectivity index is 2.89. The van der Waals surface area contributed by atoms with Gasteiger partial charge in [0, 0.05) is 6.20 Å². The summed E-state index contributed by atoms with van der Waals surface area (Å²) in [6.07, 6.45) is 1.56. The average Bonchev–Trinajstić information content (AvgIpc) is 2.04. The second-order valence-corrected chi connectivity index (χ2v) is 3.29. The maximum absolute atomic E-state index is 10.5. The molecule has 1 heterocycles. The number of rotatable bonds is 2. The van der Waals surface area contributed by atoms with Gasteiger partial charge in [-0.25, -0.2) is 4.98 Å². The minimum atomic E-state index is -0.834. The molecule has 0 aliphatic carbocycles. The van der Waals surface area contributed by atoms with Crippen molar-refractivity contribution in [3.63, 3.8) is 0 Å². The molecule has 0 aromatic carbocycles. The van der Waals surface area contributed by atoms with Crippen LogP contribution in [0, 0.1) is 0 Å². The summed E-state index contributed by atoms with van der Waals surface area (Å²) in [5.74, 6) is -1.33. The summed E-state index contributed by atoms with van der Waals surface area (Å²) in [5, 5.41) is 8.67. The van der Waals surface area contributed by atoms with Gasteiger partial charge in [-0.05, 0) is 34.5 Å². The van der Waals surface area contributed by atoms with Crippen molar-refractivity contribution >= 4 is 21.9 Å². The predicted molar refractivity (Wildman–Crippen MR) is 48.0 cm³/mol. The number of pyridine rings is 1. The first-order valence-electron chi connectivity index (χ1n) is 3.45. The van der Waals surface area contributed by atoms with Gasteiger partial charge in [-0.15, -0.1) is 0 Å². The van der Waals surface area contributed by atoms with E-state index in [1.165, 1.54) is 0 Å². The minimum absolute atomic E-state index is 0.495. The van der Waals surface area contributed by atoms with Gasteiger partial charge in [0.25, 0.3) is 0 Å². The molecule has 0 saturated heterocycles. The van der Waals surface area contributed by atoms with Crippen LogP contribution in [0.15, 0.2) is 22.9 Å². The lowest BCUT2D eigenvalue weighted by Crippen LogP contribution is -2.07. The van der Waals surface area contributed by atoms with Crippen molar-refractivity contribution in [2.75, 3.05) is 0 Å². The Bertz CT molecular complexity index is 284. The van der Waals surface area contributed by atoms with Gasteiger partial charge in [0.1, 0.15) is 4.60 Å². The number of carboxylic acid groups (broad SMARTS) is 1. The van der Waals surface area contributed by atoms with Crippen LogP contribution >= 0.6 is 15.9 Å². The molecule has 0 spiro atoms. The van der Waals surface area contributed by atoms with Crippen LogP contribution in [0.4, 0.5) is 0 Å². The number of nitrogens with zero attached hydrogens (tertiary/aromatic N) is 1. The van der Waals surface area contributed by atoms with Gasteiger partial charge in [0.2, 0.25) is 0 Å². The summed E-state index contributed by atoms with van der Waals surface area (Å²) < 4.78 is 0.712. The van der Waals surface area contributed by atoms with Crippen molar-refractivity contribution in [2.24, 2.45) is 0 Å². The average molecular weight is 230 g/mol. The van der Waals surface area contributed by atoms with E-state index in [1.54, 1.807) is 25.3 Å². The van der Waals surface area contributed by atoms with Crippen LogP contribution in [-0.4, -0.2) is 16.1 Å². The molecule has 0 fully saturated rings. The van der Waals surface area contributed by atoms with Gasteiger partial charge in [0.05, 0.1) is 5.92 Å². The van der Waals surface area contributed by atoms with Gasteiger partial charge < -0.3 is 5.11 Å². The van der Waals surface area contributed by atoms with E-state index in [0.29, 0.717) is 10.2 Å². The lowest BCUT2D eigenvalue weighted by molar-refractivity contribution is -0.138.